The Hall–Kier alpha value is -2.82. The van der Waals surface area contributed by atoms with Gasteiger partial charge in [0.2, 0.25) is 5.91 Å². The van der Waals surface area contributed by atoms with Crippen LogP contribution in [0.25, 0.3) is 0 Å². The predicted octanol–water partition coefficient (Wildman–Crippen LogP) is 3.87. The standard InChI is InChI=1S/C19H20N2O3/c22-18(13-9-10-14(11-13)19(23)24)21-17-8-4-7-16(12-17)20-15-5-2-1-3-6-15/h1-8,12-14,20H,9-11H2,(H,21,22)(H,23,24)/t13-,14+/m0/s1. The summed E-state index contributed by atoms with van der Waals surface area (Å²) >= 11 is 0. The van der Waals surface area contributed by atoms with Crippen LogP contribution in [0.15, 0.2) is 54.6 Å². The fourth-order valence-corrected chi connectivity index (χ4v) is 3.05. The van der Waals surface area contributed by atoms with Gasteiger partial charge >= 0.3 is 5.97 Å². The number of carbonyl (C=O) groups excluding carboxylic acids is 1. The highest BCUT2D eigenvalue weighted by Crippen LogP contribution is 2.32. The normalized spacial score (nSPS) is 19.7. The average molecular weight is 324 g/mol. The van der Waals surface area contributed by atoms with Crippen LogP contribution < -0.4 is 10.6 Å². The lowest BCUT2D eigenvalue weighted by Crippen LogP contribution is -2.21. The van der Waals surface area contributed by atoms with Crippen molar-refractivity contribution >= 4 is 28.9 Å². The molecule has 124 valence electrons. The molecule has 24 heavy (non-hydrogen) atoms. The van der Waals surface area contributed by atoms with E-state index in [0.29, 0.717) is 24.9 Å². The molecule has 1 fully saturated rings. The van der Waals surface area contributed by atoms with Crippen molar-refractivity contribution in [3.05, 3.63) is 54.6 Å². The second-order valence-corrected chi connectivity index (χ2v) is 6.11. The third-order valence-electron chi connectivity index (χ3n) is 4.35. The molecule has 0 spiro atoms. The molecule has 5 nitrogen and oxygen atoms in total. The number of carboxylic acids is 1. The Morgan fingerprint density at radius 1 is 0.875 bits per heavy atom. The first-order valence-electron chi connectivity index (χ1n) is 8.07. The van der Waals surface area contributed by atoms with Gasteiger partial charge in [-0.2, -0.15) is 0 Å². The monoisotopic (exact) mass is 324 g/mol. The number of hydrogen-bond acceptors (Lipinski definition) is 3. The minimum absolute atomic E-state index is 0.101. The zero-order chi connectivity index (χ0) is 16.9. The van der Waals surface area contributed by atoms with Crippen LogP contribution in [0, 0.1) is 11.8 Å². The molecule has 0 unspecified atom stereocenters. The van der Waals surface area contributed by atoms with Crippen molar-refractivity contribution in [1.82, 2.24) is 0 Å². The summed E-state index contributed by atoms with van der Waals surface area (Å²) < 4.78 is 0. The second kappa shape index (κ2) is 7.17. The quantitative estimate of drug-likeness (QED) is 0.780. The molecular weight excluding hydrogens is 304 g/mol. The molecule has 1 amide bonds. The average Bonchev–Trinajstić information content (AvgIpc) is 3.06. The Bertz CT molecular complexity index is 730. The number of rotatable bonds is 5. The van der Waals surface area contributed by atoms with Crippen molar-refractivity contribution in [3.63, 3.8) is 0 Å². The molecule has 0 bridgehead atoms. The van der Waals surface area contributed by atoms with Crippen LogP contribution in [0.2, 0.25) is 0 Å². The van der Waals surface area contributed by atoms with E-state index in [1.807, 2.05) is 54.6 Å². The zero-order valence-corrected chi connectivity index (χ0v) is 13.2. The fourth-order valence-electron chi connectivity index (χ4n) is 3.05. The minimum atomic E-state index is -0.806. The van der Waals surface area contributed by atoms with Crippen molar-refractivity contribution in [2.75, 3.05) is 10.6 Å². The van der Waals surface area contributed by atoms with Gasteiger partial charge in [0.15, 0.2) is 0 Å². The molecule has 1 aliphatic carbocycles. The van der Waals surface area contributed by atoms with Crippen molar-refractivity contribution in [2.24, 2.45) is 11.8 Å². The number of hydrogen-bond donors (Lipinski definition) is 3. The lowest BCUT2D eigenvalue weighted by molar-refractivity contribution is -0.141. The first kappa shape index (κ1) is 16.1. The molecule has 3 N–H and O–H groups in total. The van der Waals surface area contributed by atoms with Gasteiger partial charge in [0.25, 0.3) is 0 Å². The van der Waals surface area contributed by atoms with Gasteiger partial charge in [0, 0.05) is 23.0 Å². The Balaban J connectivity index is 1.62. The predicted molar refractivity (Wildman–Crippen MR) is 93.3 cm³/mol. The summed E-state index contributed by atoms with van der Waals surface area (Å²) in [5.41, 5.74) is 2.56. The highest BCUT2D eigenvalue weighted by molar-refractivity contribution is 5.93. The van der Waals surface area contributed by atoms with Gasteiger partial charge in [-0.25, -0.2) is 0 Å². The first-order valence-corrected chi connectivity index (χ1v) is 8.07. The number of amides is 1. The maximum absolute atomic E-state index is 12.3. The van der Waals surface area contributed by atoms with Crippen LogP contribution in [0.4, 0.5) is 17.1 Å². The molecule has 0 aromatic heterocycles. The van der Waals surface area contributed by atoms with Crippen molar-refractivity contribution in [1.29, 1.82) is 0 Å². The van der Waals surface area contributed by atoms with E-state index < -0.39 is 11.9 Å². The Kier molecular flexibility index (Phi) is 4.79. The number of carbonyl (C=O) groups is 2. The molecule has 1 aliphatic rings. The maximum Gasteiger partial charge on any atom is 0.306 e. The van der Waals surface area contributed by atoms with Crippen molar-refractivity contribution in [2.45, 2.75) is 19.3 Å². The summed E-state index contributed by atoms with van der Waals surface area (Å²) in [6.45, 7) is 0. The van der Waals surface area contributed by atoms with Gasteiger partial charge in [0.05, 0.1) is 5.92 Å². The molecule has 0 aliphatic heterocycles. The van der Waals surface area contributed by atoms with Crippen LogP contribution >= 0.6 is 0 Å². The lowest BCUT2D eigenvalue weighted by Gasteiger charge is -2.12. The molecule has 0 saturated heterocycles. The largest absolute Gasteiger partial charge is 0.481 e. The number of aliphatic carboxylic acids is 1. The maximum atomic E-state index is 12.3. The van der Waals surface area contributed by atoms with E-state index in [4.69, 9.17) is 5.11 Å². The third-order valence-corrected chi connectivity index (χ3v) is 4.35. The molecule has 3 rings (SSSR count). The van der Waals surface area contributed by atoms with E-state index in [9.17, 15) is 9.59 Å². The second-order valence-electron chi connectivity index (χ2n) is 6.11. The lowest BCUT2D eigenvalue weighted by atomic mass is 10.0. The minimum Gasteiger partial charge on any atom is -0.481 e. The van der Waals surface area contributed by atoms with Gasteiger partial charge in [-0.05, 0) is 49.6 Å². The molecule has 1 saturated carbocycles. The molecule has 2 aromatic carbocycles. The number of para-hydroxylation sites is 1. The first-order chi connectivity index (χ1) is 11.6. The summed E-state index contributed by atoms with van der Waals surface area (Å²) in [6.07, 6.45) is 1.62. The molecule has 0 heterocycles. The Labute approximate surface area is 140 Å². The zero-order valence-electron chi connectivity index (χ0n) is 13.2. The number of nitrogens with one attached hydrogen (secondary N) is 2. The van der Waals surface area contributed by atoms with E-state index in [2.05, 4.69) is 10.6 Å². The number of benzene rings is 2. The molecule has 2 aromatic rings. The summed E-state index contributed by atoms with van der Waals surface area (Å²) in [5.74, 6) is -1.53. The van der Waals surface area contributed by atoms with Crippen LogP contribution in [0.5, 0.6) is 0 Å². The van der Waals surface area contributed by atoms with Crippen LogP contribution in [0.1, 0.15) is 19.3 Å². The van der Waals surface area contributed by atoms with E-state index >= 15 is 0 Å². The van der Waals surface area contributed by atoms with Gasteiger partial charge in [-0.15, -0.1) is 0 Å². The highest BCUT2D eigenvalue weighted by Gasteiger charge is 2.33. The van der Waals surface area contributed by atoms with Gasteiger partial charge < -0.3 is 15.7 Å². The fraction of sp³-hybridized carbons (Fsp3) is 0.263. The summed E-state index contributed by atoms with van der Waals surface area (Å²) in [5, 5.41) is 15.2. The SMILES string of the molecule is O=C(O)[C@@H]1CC[C@H](C(=O)Nc2cccc(Nc3ccccc3)c2)C1. The topological polar surface area (TPSA) is 78.4 Å². The summed E-state index contributed by atoms with van der Waals surface area (Å²) in [7, 11) is 0. The number of anilines is 3. The Morgan fingerprint density at radius 3 is 2.25 bits per heavy atom. The Morgan fingerprint density at radius 2 is 1.54 bits per heavy atom. The van der Waals surface area contributed by atoms with Crippen molar-refractivity contribution in [3.8, 4) is 0 Å². The molecule has 0 radical (unpaired) electrons. The van der Waals surface area contributed by atoms with Crippen LogP contribution in [-0.4, -0.2) is 17.0 Å². The molecular formula is C19H20N2O3. The number of carboxylic acid groups (broad SMARTS) is 1. The van der Waals surface area contributed by atoms with E-state index in [-0.39, 0.29) is 11.8 Å². The van der Waals surface area contributed by atoms with Crippen molar-refractivity contribution < 1.29 is 14.7 Å². The summed E-state index contributed by atoms with van der Waals surface area (Å²) in [6, 6.07) is 17.3. The molecule has 2 atom stereocenters. The van der Waals surface area contributed by atoms with E-state index in [1.165, 1.54) is 0 Å². The van der Waals surface area contributed by atoms with Crippen LogP contribution in [-0.2, 0) is 9.59 Å². The van der Waals surface area contributed by atoms with Gasteiger partial charge in [-0.1, -0.05) is 24.3 Å². The smallest absolute Gasteiger partial charge is 0.306 e. The van der Waals surface area contributed by atoms with Gasteiger partial charge in [0.1, 0.15) is 0 Å². The summed E-state index contributed by atoms with van der Waals surface area (Å²) in [4.78, 5) is 23.3. The highest BCUT2D eigenvalue weighted by atomic mass is 16.4. The van der Waals surface area contributed by atoms with Gasteiger partial charge in [-0.3, -0.25) is 9.59 Å². The molecule has 5 heteroatoms. The van der Waals surface area contributed by atoms with Crippen LogP contribution in [0.3, 0.4) is 0 Å². The van der Waals surface area contributed by atoms with E-state index in [0.717, 1.165) is 11.4 Å². The third kappa shape index (κ3) is 3.93. The van der Waals surface area contributed by atoms with E-state index in [1.54, 1.807) is 0 Å².